The second-order valence-corrected chi connectivity index (χ2v) is 3.60. The van der Waals surface area contributed by atoms with Crippen molar-refractivity contribution in [2.45, 2.75) is 26.7 Å². The number of methoxy groups -OCH3 is 1. The number of ether oxygens (including phenoxy) is 2. The van der Waals surface area contributed by atoms with E-state index >= 15 is 0 Å². The van der Waals surface area contributed by atoms with Crippen LogP contribution in [0.4, 0.5) is 8.78 Å². The summed E-state index contributed by atoms with van der Waals surface area (Å²) in [6, 6.07) is 1.40. The molecule has 0 aliphatic rings. The lowest BCUT2D eigenvalue weighted by atomic mass is 10.1. The molecule has 0 atom stereocenters. The fourth-order valence-electron chi connectivity index (χ4n) is 1.55. The highest BCUT2D eigenvalue weighted by atomic mass is 19.3. The molecule has 0 saturated heterocycles. The van der Waals surface area contributed by atoms with Gasteiger partial charge in [-0.15, -0.1) is 0 Å². The maximum atomic E-state index is 12.8. The van der Waals surface area contributed by atoms with E-state index in [4.69, 9.17) is 9.47 Å². The fourth-order valence-corrected chi connectivity index (χ4v) is 1.55. The molecule has 0 fully saturated rings. The second kappa shape index (κ2) is 6.28. The Hall–Kier alpha value is -1.72. The molecular weight excluding hydrogens is 244 g/mol. The molecule has 0 spiro atoms. The van der Waals surface area contributed by atoms with Crippen molar-refractivity contribution in [2.24, 2.45) is 0 Å². The predicted molar refractivity (Wildman–Crippen MR) is 60.8 cm³/mol. The van der Waals surface area contributed by atoms with Crippen LogP contribution >= 0.6 is 0 Å². The van der Waals surface area contributed by atoms with Crippen molar-refractivity contribution >= 4 is 5.97 Å². The molecule has 0 saturated carbocycles. The summed E-state index contributed by atoms with van der Waals surface area (Å²) in [6.45, 7) is 3.43. The summed E-state index contributed by atoms with van der Waals surface area (Å²) in [5.41, 5.74) is 0.0904. The summed E-state index contributed by atoms with van der Waals surface area (Å²) in [5.74, 6) is -0.189. The second-order valence-electron chi connectivity index (χ2n) is 3.60. The van der Waals surface area contributed by atoms with Crippen molar-refractivity contribution in [1.82, 2.24) is 4.98 Å². The summed E-state index contributed by atoms with van der Waals surface area (Å²) in [4.78, 5) is 15.1. The Kier molecular flexibility index (Phi) is 5.00. The first-order chi connectivity index (χ1) is 8.49. The Morgan fingerprint density at radius 3 is 2.67 bits per heavy atom. The number of carbonyl (C=O) groups is 1. The Morgan fingerprint density at radius 2 is 2.17 bits per heavy atom. The average Bonchev–Trinajstić information content (AvgIpc) is 2.30. The molecular formula is C12H15F2NO3. The van der Waals surface area contributed by atoms with Crippen LogP contribution in [0.3, 0.4) is 0 Å². The third-order valence-corrected chi connectivity index (χ3v) is 2.35. The highest BCUT2D eigenvalue weighted by molar-refractivity contribution is 5.73. The summed E-state index contributed by atoms with van der Waals surface area (Å²) in [7, 11) is 1.42. The first-order valence-electron chi connectivity index (χ1n) is 5.47. The minimum Gasteiger partial charge on any atom is -0.495 e. The van der Waals surface area contributed by atoms with Crippen LogP contribution in [-0.2, 0) is 16.0 Å². The lowest BCUT2D eigenvalue weighted by Gasteiger charge is -2.12. The number of aromatic nitrogens is 1. The number of esters is 1. The molecule has 0 aliphatic carbocycles. The molecule has 6 heteroatoms. The number of alkyl halides is 2. The van der Waals surface area contributed by atoms with Gasteiger partial charge in [-0.25, -0.2) is 13.8 Å². The van der Waals surface area contributed by atoms with Gasteiger partial charge in [0.2, 0.25) is 0 Å². The summed E-state index contributed by atoms with van der Waals surface area (Å²) in [6.07, 6.45) is -2.98. The predicted octanol–water partition coefficient (Wildman–Crippen LogP) is 2.44. The third-order valence-electron chi connectivity index (χ3n) is 2.35. The van der Waals surface area contributed by atoms with E-state index in [1.807, 2.05) is 0 Å². The van der Waals surface area contributed by atoms with Crippen LogP contribution in [0.25, 0.3) is 0 Å². The monoisotopic (exact) mass is 259 g/mol. The average molecular weight is 259 g/mol. The molecule has 0 N–H and O–H groups in total. The van der Waals surface area contributed by atoms with Crippen LogP contribution in [-0.4, -0.2) is 24.7 Å². The Morgan fingerprint density at radius 1 is 1.50 bits per heavy atom. The van der Waals surface area contributed by atoms with Crippen LogP contribution in [0.1, 0.15) is 30.3 Å². The number of nitrogens with zero attached hydrogens (tertiary/aromatic N) is 1. The van der Waals surface area contributed by atoms with Crippen molar-refractivity contribution in [3.05, 3.63) is 23.0 Å². The maximum Gasteiger partial charge on any atom is 0.310 e. The number of aryl methyl sites for hydroxylation is 1. The smallest absolute Gasteiger partial charge is 0.310 e. The quantitative estimate of drug-likeness (QED) is 0.762. The van der Waals surface area contributed by atoms with Gasteiger partial charge in [-0.1, -0.05) is 0 Å². The first kappa shape index (κ1) is 14.3. The molecule has 0 bridgehead atoms. The van der Waals surface area contributed by atoms with Gasteiger partial charge >= 0.3 is 5.97 Å². The number of hydrogen-bond acceptors (Lipinski definition) is 4. The number of rotatable bonds is 5. The van der Waals surface area contributed by atoms with E-state index in [0.29, 0.717) is 11.4 Å². The minimum atomic E-state index is -2.74. The Balaban J connectivity index is 3.10. The van der Waals surface area contributed by atoms with E-state index in [-0.39, 0.29) is 18.6 Å². The zero-order valence-corrected chi connectivity index (χ0v) is 10.5. The first-order valence-corrected chi connectivity index (χ1v) is 5.47. The molecule has 4 nitrogen and oxygen atoms in total. The van der Waals surface area contributed by atoms with E-state index < -0.39 is 18.1 Å². The van der Waals surface area contributed by atoms with E-state index in [2.05, 4.69) is 4.98 Å². The zero-order valence-electron chi connectivity index (χ0n) is 10.5. The van der Waals surface area contributed by atoms with E-state index in [1.54, 1.807) is 13.8 Å². The summed E-state index contributed by atoms with van der Waals surface area (Å²) >= 11 is 0. The van der Waals surface area contributed by atoms with Gasteiger partial charge in [-0.3, -0.25) is 4.79 Å². The van der Waals surface area contributed by atoms with Gasteiger partial charge in [-0.05, 0) is 25.5 Å². The number of pyridine rings is 1. The normalized spacial score (nSPS) is 10.6. The molecule has 0 radical (unpaired) electrons. The zero-order chi connectivity index (χ0) is 13.7. The molecule has 0 aliphatic heterocycles. The highest BCUT2D eigenvalue weighted by Crippen LogP contribution is 2.27. The summed E-state index contributed by atoms with van der Waals surface area (Å²) < 4.78 is 35.4. The number of halogens is 2. The van der Waals surface area contributed by atoms with E-state index in [0.717, 1.165) is 0 Å². The van der Waals surface area contributed by atoms with E-state index in [1.165, 1.54) is 13.2 Å². The van der Waals surface area contributed by atoms with Crippen molar-refractivity contribution in [3.63, 3.8) is 0 Å². The third kappa shape index (κ3) is 3.38. The van der Waals surface area contributed by atoms with Gasteiger partial charge in [0, 0.05) is 0 Å². The van der Waals surface area contributed by atoms with Crippen LogP contribution in [0.2, 0.25) is 0 Å². The van der Waals surface area contributed by atoms with Gasteiger partial charge < -0.3 is 9.47 Å². The van der Waals surface area contributed by atoms with Crippen LogP contribution < -0.4 is 4.74 Å². The molecule has 1 aromatic rings. The van der Waals surface area contributed by atoms with Crippen LogP contribution in [0.15, 0.2) is 6.07 Å². The Bertz CT molecular complexity index is 436. The minimum absolute atomic E-state index is 0.130. The molecule has 0 aromatic carbocycles. The highest BCUT2D eigenvalue weighted by Gasteiger charge is 2.20. The lowest BCUT2D eigenvalue weighted by Crippen LogP contribution is -2.11. The maximum absolute atomic E-state index is 12.8. The summed E-state index contributed by atoms with van der Waals surface area (Å²) in [5, 5.41) is 0. The molecule has 100 valence electrons. The number of hydrogen-bond donors (Lipinski definition) is 0. The molecule has 0 unspecified atom stereocenters. The van der Waals surface area contributed by atoms with Crippen LogP contribution in [0, 0.1) is 6.92 Å². The van der Waals surface area contributed by atoms with Crippen molar-refractivity contribution in [1.29, 1.82) is 0 Å². The van der Waals surface area contributed by atoms with Gasteiger partial charge in [0.15, 0.2) is 0 Å². The van der Waals surface area contributed by atoms with Gasteiger partial charge in [0.25, 0.3) is 6.43 Å². The molecule has 18 heavy (non-hydrogen) atoms. The van der Waals surface area contributed by atoms with Crippen molar-refractivity contribution in [2.75, 3.05) is 13.7 Å². The topological polar surface area (TPSA) is 48.4 Å². The SMILES string of the molecule is CCOC(=O)Cc1cc(OC)c(C)nc1C(F)F. The fraction of sp³-hybridized carbons (Fsp3) is 0.500. The van der Waals surface area contributed by atoms with Gasteiger partial charge in [0.1, 0.15) is 11.4 Å². The van der Waals surface area contributed by atoms with Crippen molar-refractivity contribution < 1.29 is 23.0 Å². The molecule has 1 rings (SSSR count). The van der Waals surface area contributed by atoms with Crippen molar-refractivity contribution in [3.8, 4) is 5.75 Å². The molecule has 0 amide bonds. The van der Waals surface area contributed by atoms with Gasteiger partial charge in [-0.2, -0.15) is 0 Å². The number of carbonyl (C=O) groups excluding carboxylic acids is 1. The van der Waals surface area contributed by atoms with E-state index in [9.17, 15) is 13.6 Å². The standard InChI is InChI=1S/C12H15F2NO3/c1-4-18-10(16)6-8-5-9(17-3)7(2)15-11(8)12(13)14/h5,12H,4,6H2,1-3H3. The van der Waals surface area contributed by atoms with Crippen LogP contribution in [0.5, 0.6) is 5.75 Å². The Labute approximate surface area is 104 Å². The molecule has 1 heterocycles. The lowest BCUT2D eigenvalue weighted by molar-refractivity contribution is -0.142. The largest absolute Gasteiger partial charge is 0.495 e. The molecule has 1 aromatic heterocycles. The van der Waals surface area contributed by atoms with Gasteiger partial charge in [0.05, 0.1) is 25.8 Å².